The molecule has 0 saturated carbocycles. The Morgan fingerprint density at radius 3 is 3.17 bits per heavy atom. The van der Waals surface area contributed by atoms with Crippen molar-refractivity contribution in [1.29, 1.82) is 0 Å². The Kier molecular flexibility index (Phi) is 4.58. The fourth-order valence-electron chi connectivity index (χ4n) is 2.07. The first kappa shape index (κ1) is 12.9. The van der Waals surface area contributed by atoms with Crippen LogP contribution in [0.2, 0.25) is 0 Å². The number of hydrogen-bond acceptors (Lipinski definition) is 4. The SMILES string of the molecule is Nc1[nH]ncc1CNC(=O)CCC1CCCCO1. The molecule has 1 aromatic heterocycles. The van der Waals surface area contributed by atoms with Crippen molar-refractivity contribution in [1.82, 2.24) is 15.5 Å². The van der Waals surface area contributed by atoms with Gasteiger partial charge in [-0.1, -0.05) is 0 Å². The van der Waals surface area contributed by atoms with Crippen molar-refractivity contribution in [2.24, 2.45) is 0 Å². The van der Waals surface area contributed by atoms with E-state index in [1.54, 1.807) is 6.20 Å². The summed E-state index contributed by atoms with van der Waals surface area (Å²) in [5.74, 6) is 0.538. The van der Waals surface area contributed by atoms with Crippen molar-refractivity contribution in [3.8, 4) is 0 Å². The van der Waals surface area contributed by atoms with E-state index in [0.29, 0.717) is 18.8 Å². The van der Waals surface area contributed by atoms with Crippen molar-refractivity contribution in [2.45, 2.75) is 44.8 Å². The summed E-state index contributed by atoms with van der Waals surface area (Å²) in [7, 11) is 0. The zero-order chi connectivity index (χ0) is 12.8. The zero-order valence-electron chi connectivity index (χ0n) is 10.4. The average Bonchev–Trinajstić information content (AvgIpc) is 2.81. The van der Waals surface area contributed by atoms with Crippen LogP contribution in [0.4, 0.5) is 5.82 Å². The van der Waals surface area contributed by atoms with E-state index in [0.717, 1.165) is 31.4 Å². The van der Waals surface area contributed by atoms with Crippen LogP contribution in [-0.4, -0.2) is 28.8 Å². The number of carbonyl (C=O) groups is 1. The molecule has 2 heterocycles. The van der Waals surface area contributed by atoms with Gasteiger partial charge in [-0.3, -0.25) is 9.89 Å². The van der Waals surface area contributed by atoms with E-state index < -0.39 is 0 Å². The number of amides is 1. The first-order valence-electron chi connectivity index (χ1n) is 6.41. The molecule has 0 spiro atoms. The minimum Gasteiger partial charge on any atom is -0.384 e. The van der Waals surface area contributed by atoms with Gasteiger partial charge in [-0.2, -0.15) is 5.10 Å². The number of anilines is 1. The summed E-state index contributed by atoms with van der Waals surface area (Å²) in [6, 6.07) is 0. The van der Waals surface area contributed by atoms with Gasteiger partial charge in [0.05, 0.1) is 12.3 Å². The molecule has 0 bridgehead atoms. The molecular weight excluding hydrogens is 232 g/mol. The van der Waals surface area contributed by atoms with Gasteiger partial charge >= 0.3 is 0 Å². The molecular formula is C12H20N4O2. The molecule has 1 atom stereocenters. The predicted octanol–water partition coefficient (Wildman–Crippen LogP) is 0.957. The number of nitrogens with one attached hydrogen (secondary N) is 2. The van der Waals surface area contributed by atoms with Crippen LogP contribution >= 0.6 is 0 Å². The van der Waals surface area contributed by atoms with Gasteiger partial charge in [0.15, 0.2) is 0 Å². The predicted molar refractivity (Wildman–Crippen MR) is 67.7 cm³/mol. The maximum absolute atomic E-state index is 11.7. The van der Waals surface area contributed by atoms with Crippen LogP contribution in [-0.2, 0) is 16.1 Å². The third kappa shape index (κ3) is 3.73. The van der Waals surface area contributed by atoms with E-state index in [-0.39, 0.29) is 12.0 Å². The van der Waals surface area contributed by atoms with E-state index in [1.165, 1.54) is 6.42 Å². The number of nitrogens with zero attached hydrogens (tertiary/aromatic N) is 1. The maximum Gasteiger partial charge on any atom is 0.220 e. The number of ether oxygens (including phenoxy) is 1. The van der Waals surface area contributed by atoms with Crippen LogP contribution < -0.4 is 11.1 Å². The minimum absolute atomic E-state index is 0.0322. The largest absolute Gasteiger partial charge is 0.384 e. The number of rotatable bonds is 5. The second-order valence-corrected chi connectivity index (χ2v) is 4.61. The molecule has 0 radical (unpaired) electrons. The third-order valence-electron chi connectivity index (χ3n) is 3.19. The average molecular weight is 252 g/mol. The standard InChI is InChI=1S/C12H20N4O2/c13-12-9(8-15-16-12)7-14-11(17)5-4-10-3-1-2-6-18-10/h8,10H,1-7H2,(H,14,17)(H3,13,15,16). The lowest BCUT2D eigenvalue weighted by atomic mass is 10.0. The van der Waals surface area contributed by atoms with Crippen LogP contribution in [0, 0.1) is 0 Å². The summed E-state index contributed by atoms with van der Waals surface area (Å²) in [5.41, 5.74) is 6.45. The smallest absolute Gasteiger partial charge is 0.220 e. The molecule has 6 nitrogen and oxygen atoms in total. The number of aromatic amines is 1. The topological polar surface area (TPSA) is 93.0 Å². The monoisotopic (exact) mass is 252 g/mol. The van der Waals surface area contributed by atoms with Crippen molar-refractivity contribution in [2.75, 3.05) is 12.3 Å². The van der Waals surface area contributed by atoms with Crippen LogP contribution in [0.25, 0.3) is 0 Å². The fourth-order valence-corrected chi connectivity index (χ4v) is 2.07. The molecule has 1 fully saturated rings. The maximum atomic E-state index is 11.7. The van der Waals surface area contributed by atoms with Gasteiger partial charge in [0.25, 0.3) is 0 Å². The van der Waals surface area contributed by atoms with E-state index in [9.17, 15) is 4.79 Å². The van der Waals surface area contributed by atoms with Gasteiger partial charge in [0.2, 0.25) is 5.91 Å². The number of aromatic nitrogens is 2. The normalized spacial score (nSPS) is 19.7. The Hall–Kier alpha value is -1.56. The molecule has 4 N–H and O–H groups in total. The Morgan fingerprint density at radius 1 is 1.61 bits per heavy atom. The van der Waals surface area contributed by atoms with Crippen molar-refractivity contribution in [3.63, 3.8) is 0 Å². The summed E-state index contributed by atoms with van der Waals surface area (Å²) >= 11 is 0. The highest BCUT2D eigenvalue weighted by atomic mass is 16.5. The second kappa shape index (κ2) is 6.39. The molecule has 2 rings (SSSR count). The third-order valence-corrected chi connectivity index (χ3v) is 3.19. The fraction of sp³-hybridized carbons (Fsp3) is 0.667. The molecule has 1 aromatic rings. The molecule has 0 aromatic carbocycles. The lowest BCUT2D eigenvalue weighted by molar-refractivity contribution is -0.122. The van der Waals surface area contributed by atoms with E-state index in [4.69, 9.17) is 10.5 Å². The minimum atomic E-state index is 0.0322. The molecule has 1 amide bonds. The summed E-state index contributed by atoms with van der Waals surface area (Å²) in [6.45, 7) is 1.25. The van der Waals surface area contributed by atoms with Gasteiger partial charge in [0.1, 0.15) is 5.82 Å². The first-order valence-corrected chi connectivity index (χ1v) is 6.41. The number of hydrogen-bond donors (Lipinski definition) is 3. The zero-order valence-corrected chi connectivity index (χ0v) is 10.4. The quantitative estimate of drug-likeness (QED) is 0.727. The van der Waals surface area contributed by atoms with Gasteiger partial charge in [-0.15, -0.1) is 0 Å². The molecule has 1 aliphatic heterocycles. The summed E-state index contributed by atoms with van der Waals surface area (Å²) in [4.78, 5) is 11.7. The van der Waals surface area contributed by atoms with E-state index in [1.807, 2.05) is 0 Å². The molecule has 6 heteroatoms. The summed E-state index contributed by atoms with van der Waals surface area (Å²) in [6.07, 6.45) is 6.60. The Balaban J connectivity index is 1.64. The molecule has 0 aliphatic carbocycles. The Morgan fingerprint density at radius 2 is 2.50 bits per heavy atom. The Bertz CT molecular complexity index is 385. The van der Waals surface area contributed by atoms with Gasteiger partial charge in [-0.25, -0.2) is 0 Å². The molecule has 1 aliphatic rings. The van der Waals surface area contributed by atoms with E-state index in [2.05, 4.69) is 15.5 Å². The first-order chi connectivity index (χ1) is 8.75. The van der Waals surface area contributed by atoms with Crippen LogP contribution in [0.3, 0.4) is 0 Å². The summed E-state index contributed by atoms with van der Waals surface area (Å²) < 4.78 is 5.58. The summed E-state index contributed by atoms with van der Waals surface area (Å²) in [5, 5.41) is 9.26. The highest BCUT2D eigenvalue weighted by Gasteiger charge is 2.15. The Labute approximate surface area is 106 Å². The van der Waals surface area contributed by atoms with Crippen LogP contribution in [0.5, 0.6) is 0 Å². The second-order valence-electron chi connectivity index (χ2n) is 4.61. The lowest BCUT2D eigenvalue weighted by Gasteiger charge is -2.22. The number of nitrogens with two attached hydrogens (primary N) is 1. The molecule has 1 saturated heterocycles. The lowest BCUT2D eigenvalue weighted by Crippen LogP contribution is -2.26. The van der Waals surface area contributed by atoms with E-state index >= 15 is 0 Å². The van der Waals surface area contributed by atoms with Crippen molar-refractivity contribution >= 4 is 11.7 Å². The number of carbonyl (C=O) groups excluding carboxylic acids is 1. The highest BCUT2D eigenvalue weighted by molar-refractivity contribution is 5.76. The number of nitrogen functional groups attached to an aromatic ring is 1. The molecule has 100 valence electrons. The van der Waals surface area contributed by atoms with Gasteiger partial charge in [-0.05, 0) is 25.7 Å². The van der Waals surface area contributed by atoms with Crippen molar-refractivity contribution < 1.29 is 9.53 Å². The van der Waals surface area contributed by atoms with Crippen molar-refractivity contribution in [3.05, 3.63) is 11.8 Å². The molecule has 18 heavy (non-hydrogen) atoms. The van der Waals surface area contributed by atoms with Crippen LogP contribution in [0.1, 0.15) is 37.7 Å². The van der Waals surface area contributed by atoms with Gasteiger partial charge in [0, 0.05) is 25.1 Å². The highest BCUT2D eigenvalue weighted by Crippen LogP contribution is 2.16. The molecule has 1 unspecified atom stereocenters. The van der Waals surface area contributed by atoms with Gasteiger partial charge < -0.3 is 15.8 Å². The number of H-pyrrole nitrogens is 1. The van der Waals surface area contributed by atoms with Crippen LogP contribution in [0.15, 0.2) is 6.20 Å².